The highest BCUT2D eigenvalue weighted by atomic mass is 32.2. The summed E-state index contributed by atoms with van der Waals surface area (Å²) in [7, 11) is -2.92. The van der Waals surface area contributed by atoms with Gasteiger partial charge in [-0.2, -0.15) is 5.10 Å². The van der Waals surface area contributed by atoms with Crippen LogP contribution in [0.1, 0.15) is 47.9 Å². The number of aryl methyl sites for hydroxylation is 1. The molecule has 0 bridgehead atoms. The number of nitrogens with one attached hydrogen (secondary N) is 1. The van der Waals surface area contributed by atoms with Gasteiger partial charge in [-0.25, -0.2) is 17.9 Å². The van der Waals surface area contributed by atoms with Gasteiger partial charge in [0.2, 0.25) is 0 Å². The van der Waals surface area contributed by atoms with E-state index in [0.717, 1.165) is 41.1 Å². The summed E-state index contributed by atoms with van der Waals surface area (Å²) in [5.74, 6) is 1.03. The lowest BCUT2D eigenvalue weighted by atomic mass is 9.88. The Labute approximate surface area is 194 Å². The maximum atomic E-state index is 11.5. The zero-order valence-corrected chi connectivity index (χ0v) is 20.7. The number of aromatic amines is 1. The molecule has 7 nitrogen and oxygen atoms in total. The lowest BCUT2D eigenvalue weighted by Gasteiger charge is -2.39. The highest BCUT2D eigenvalue weighted by Gasteiger charge is 2.29. The second-order valence-corrected chi connectivity index (χ2v) is 12.0. The normalized spacial score (nSPS) is 15.7. The van der Waals surface area contributed by atoms with Crippen LogP contribution in [0.3, 0.4) is 0 Å². The third-order valence-corrected chi connectivity index (χ3v) is 7.97. The summed E-state index contributed by atoms with van der Waals surface area (Å²) < 4.78 is 24.8. The van der Waals surface area contributed by atoms with E-state index in [2.05, 4.69) is 72.1 Å². The molecular weight excluding hydrogens is 434 g/mol. The number of H-pyrrole nitrogens is 1. The van der Waals surface area contributed by atoms with Crippen LogP contribution in [0.25, 0.3) is 27.8 Å². The lowest BCUT2D eigenvalue weighted by molar-refractivity contribution is 0.158. The first kappa shape index (κ1) is 22.1. The highest BCUT2D eigenvalue weighted by Crippen LogP contribution is 2.39. The van der Waals surface area contributed by atoms with E-state index in [0.29, 0.717) is 18.4 Å². The van der Waals surface area contributed by atoms with Crippen molar-refractivity contribution < 1.29 is 8.42 Å². The Morgan fingerprint density at radius 3 is 2.64 bits per heavy atom. The zero-order chi connectivity index (χ0) is 23.5. The fourth-order valence-electron chi connectivity index (χ4n) is 5.01. The fraction of sp³-hybridized carbons (Fsp3) is 0.440. The Morgan fingerprint density at radius 1 is 1.18 bits per heavy atom. The first-order chi connectivity index (χ1) is 15.6. The molecule has 0 amide bonds. The maximum Gasteiger partial charge on any atom is 0.158 e. The smallest absolute Gasteiger partial charge is 0.158 e. The van der Waals surface area contributed by atoms with Crippen LogP contribution in [-0.2, 0) is 9.84 Å². The SMILES string of the molecule is Cc1c(-c2[nH]c3ccc(C4CN(CCS(C)(=O)=O)C4)cc3c2C(C)C)cn2ncnc2c1C. The minimum absolute atomic E-state index is 0.228. The molecule has 3 aromatic heterocycles. The largest absolute Gasteiger partial charge is 0.354 e. The summed E-state index contributed by atoms with van der Waals surface area (Å²) in [6.45, 7) is 11.2. The predicted octanol–water partition coefficient (Wildman–Crippen LogP) is 4.06. The van der Waals surface area contributed by atoms with E-state index < -0.39 is 9.84 Å². The number of fused-ring (bicyclic) bond motifs is 2. The van der Waals surface area contributed by atoms with E-state index in [1.165, 1.54) is 28.3 Å². The molecular formula is C25H31N5O2S. The van der Waals surface area contributed by atoms with Crippen LogP contribution >= 0.6 is 0 Å². The van der Waals surface area contributed by atoms with Crippen LogP contribution in [0, 0.1) is 13.8 Å². The minimum atomic E-state index is -2.92. The molecule has 0 spiro atoms. The molecule has 8 heteroatoms. The standard InChI is InChI=1S/C25H31N5O2S/c1-15(2)23-20-10-18(19-11-29(12-19)8-9-33(5,31)32)6-7-22(20)28-24(23)21-13-30-25(26-14-27-30)17(4)16(21)3/h6-7,10,13-15,19,28H,8-9,11-12H2,1-5H3. The zero-order valence-electron chi connectivity index (χ0n) is 19.9. The van der Waals surface area contributed by atoms with E-state index in [1.807, 2.05) is 4.52 Å². The van der Waals surface area contributed by atoms with Gasteiger partial charge in [-0.15, -0.1) is 0 Å². The Morgan fingerprint density at radius 2 is 1.94 bits per heavy atom. The van der Waals surface area contributed by atoms with E-state index in [4.69, 9.17) is 0 Å². The van der Waals surface area contributed by atoms with Crippen molar-refractivity contribution in [1.82, 2.24) is 24.5 Å². The monoisotopic (exact) mass is 465 g/mol. The van der Waals surface area contributed by atoms with Crippen LogP contribution in [-0.4, -0.2) is 64.5 Å². The number of rotatable bonds is 6. The van der Waals surface area contributed by atoms with Crippen molar-refractivity contribution in [3.63, 3.8) is 0 Å². The molecule has 1 N–H and O–H groups in total. The summed E-state index contributed by atoms with van der Waals surface area (Å²) in [5.41, 5.74) is 9.34. The number of aromatic nitrogens is 4. The van der Waals surface area contributed by atoms with Crippen molar-refractivity contribution in [3.8, 4) is 11.3 Å². The number of hydrogen-bond acceptors (Lipinski definition) is 5. The Kier molecular flexibility index (Phi) is 5.33. The second-order valence-electron chi connectivity index (χ2n) is 9.78. The molecule has 1 fully saturated rings. The Bertz CT molecular complexity index is 1460. The van der Waals surface area contributed by atoms with Gasteiger partial charge in [0.05, 0.1) is 11.4 Å². The molecule has 0 unspecified atom stereocenters. The quantitative estimate of drug-likeness (QED) is 0.464. The minimum Gasteiger partial charge on any atom is -0.354 e. The van der Waals surface area contributed by atoms with Crippen LogP contribution in [0.4, 0.5) is 0 Å². The van der Waals surface area contributed by atoms with Gasteiger partial charge < -0.3 is 9.88 Å². The molecule has 1 saturated heterocycles. The molecule has 0 saturated carbocycles. The third-order valence-electron chi connectivity index (χ3n) is 7.04. The predicted molar refractivity (Wildman–Crippen MR) is 133 cm³/mol. The van der Waals surface area contributed by atoms with E-state index in [1.54, 1.807) is 6.33 Å². The molecule has 0 radical (unpaired) electrons. The first-order valence-electron chi connectivity index (χ1n) is 11.5. The fourth-order valence-corrected chi connectivity index (χ4v) is 5.60. The van der Waals surface area contributed by atoms with Gasteiger partial charge in [0.25, 0.3) is 0 Å². The number of benzene rings is 1. The lowest BCUT2D eigenvalue weighted by Crippen LogP contribution is -2.46. The van der Waals surface area contributed by atoms with Gasteiger partial charge in [0.1, 0.15) is 16.2 Å². The summed E-state index contributed by atoms with van der Waals surface area (Å²) in [6, 6.07) is 6.73. The third kappa shape index (κ3) is 3.95. The van der Waals surface area contributed by atoms with Crippen LogP contribution in [0.5, 0.6) is 0 Å². The van der Waals surface area contributed by atoms with Gasteiger partial charge in [-0.05, 0) is 54.2 Å². The molecule has 0 atom stereocenters. The number of hydrogen-bond donors (Lipinski definition) is 1. The maximum absolute atomic E-state index is 11.5. The molecule has 1 aromatic carbocycles. The summed E-state index contributed by atoms with van der Waals surface area (Å²) >= 11 is 0. The second kappa shape index (κ2) is 7.95. The van der Waals surface area contributed by atoms with Gasteiger partial charge in [0.15, 0.2) is 5.65 Å². The molecule has 4 heterocycles. The first-order valence-corrected chi connectivity index (χ1v) is 13.5. The van der Waals surface area contributed by atoms with Crippen molar-refractivity contribution in [2.24, 2.45) is 0 Å². The van der Waals surface area contributed by atoms with Crippen LogP contribution < -0.4 is 0 Å². The summed E-state index contributed by atoms with van der Waals surface area (Å²) in [4.78, 5) is 10.3. The van der Waals surface area contributed by atoms with Gasteiger partial charge in [0, 0.05) is 54.5 Å². The topological polar surface area (TPSA) is 83.4 Å². The number of pyridine rings is 1. The molecule has 4 aromatic rings. The average Bonchev–Trinajstić information content (AvgIpc) is 3.32. The Balaban J connectivity index is 1.51. The number of nitrogens with zero attached hydrogens (tertiary/aromatic N) is 4. The number of likely N-dealkylation sites (tertiary alicyclic amines) is 1. The van der Waals surface area contributed by atoms with Gasteiger partial charge in [-0.3, -0.25) is 0 Å². The summed E-state index contributed by atoms with van der Waals surface area (Å²) in [6.07, 6.45) is 4.98. The molecule has 33 heavy (non-hydrogen) atoms. The van der Waals surface area contributed by atoms with Gasteiger partial charge in [-0.1, -0.05) is 19.9 Å². The van der Waals surface area contributed by atoms with E-state index in [-0.39, 0.29) is 5.75 Å². The summed E-state index contributed by atoms with van der Waals surface area (Å²) in [5, 5.41) is 5.64. The molecule has 1 aliphatic rings. The van der Waals surface area contributed by atoms with Crippen LogP contribution in [0.2, 0.25) is 0 Å². The molecule has 0 aliphatic carbocycles. The van der Waals surface area contributed by atoms with Gasteiger partial charge >= 0.3 is 0 Å². The van der Waals surface area contributed by atoms with Crippen molar-refractivity contribution >= 4 is 26.4 Å². The average molecular weight is 466 g/mol. The van der Waals surface area contributed by atoms with Crippen molar-refractivity contribution in [3.05, 3.63) is 53.0 Å². The highest BCUT2D eigenvalue weighted by molar-refractivity contribution is 7.90. The van der Waals surface area contributed by atoms with E-state index >= 15 is 0 Å². The molecule has 1 aliphatic heterocycles. The molecule has 174 valence electrons. The van der Waals surface area contributed by atoms with Crippen molar-refractivity contribution in [1.29, 1.82) is 0 Å². The van der Waals surface area contributed by atoms with Crippen molar-refractivity contribution in [2.45, 2.75) is 39.5 Å². The van der Waals surface area contributed by atoms with Crippen molar-refractivity contribution in [2.75, 3.05) is 31.6 Å². The van der Waals surface area contributed by atoms with Crippen LogP contribution in [0.15, 0.2) is 30.7 Å². The number of sulfone groups is 1. The molecule has 5 rings (SSSR count). The Hall–Kier alpha value is -2.71. The van der Waals surface area contributed by atoms with E-state index in [9.17, 15) is 8.42 Å².